The Balaban J connectivity index is 1.99. The molecule has 2 amide bonds. The van der Waals surface area contributed by atoms with Gasteiger partial charge in [-0.2, -0.15) is 13.9 Å². The zero-order valence-electron chi connectivity index (χ0n) is 15.3. The molecule has 0 aliphatic heterocycles. The van der Waals surface area contributed by atoms with E-state index in [-0.39, 0.29) is 4.90 Å². The third kappa shape index (κ3) is 6.18. The Labute approximate surface area is 160 Å². The van der Waals surface area contributed by atoms with E-state index < -0.39 is 31.4 Å². The summed E-state index contributed by atoms with van der Waals surface area (Å²) in [6, 6.07) is 5.12. The topological polar surface area (TPSA) is 119 Å². The Morgan fingerprint density at radius 2 is 1.78 bits per heavy atom. The van der Waals surface area contributed by atoms with Crippen LogP contribution < -0.4 is 10.2 Å². The zero-order valence-corrected chi connectivity index (χ0v) is 16.9. The van der Waals surface area contributed by atoms with Crippen molar-refractivity contribution in [1.82, 2.24) is 10.2 Å². The van der Waals surface area contributed by atoms with Crippen LogP contribution in [0.15, 0.2) is 29.2 Å². The first kappa shape index (κ1) is 21.6. The van der Waals surface area contributed by atoms with Gasteiger partial charge >= 0.3 is 16.1 Å². The molecular weight excluding hydrogens is 392 g/mol. The molecule has 27 heavy (non-hydrogen) atoms. The van der Waals surface area contributed by atoms with Crippen molar-refractivity contribution < 1.29 is 25.9 Å². The first-order chi connectivity index (χ1) is 12.8. The lowest BCUT2D eigenvalue weighted by Gasteiger charge is -2.21. The molecule has 1 aliphatic carbocycles. The Morgan fingerprint density at radius 1 is 1.11 bits per heavy atom. The van der Waals surface area contributed by atoms with Gasteiger partial charge in [0.05, 0.1) is 10.1 Å². The van der Waals surface area contributed by atoms with Crippen molar-refractivity contribution in [2.45, 2.75) is 68.4 Å². The minimum Gasteiger partial charge on any atom is -0.245 e. The van der Waals surface area contributed by atoms with E-state index in [9.17, 15) is 21.6 Å². The summed E-state index contributed by atoms with van der Waals surface area (Å²) in [5.74, 6) is 0. The fraction of sp³-hybridized carbons (Fsp3) is 0.588. The molecule has 0 atom stereocenters. The van der Waals surface area contributed by atoms with Gasteiger partial charge in [-0.05, 0) is 37.3 Å². The van der Waals surface area contributed by atoms with E-state index >= 15 is 0 Å². The minimum atomic E-state index is -4.26. The molecule has 10 heteroatoms. The molecular formula is C17H26N2O6S2. The molecule has 2 rings (SSSR count). The van der Waals surface area contributed by atoms with Gasteiger partial charge in [-0.1, -0.05) is 50.8 Å². The second-order valence-corrected chi connectivity index (χ2v) is 10.1. The van der Waals surface area contributed by atoms with Crippen LogP contribution in [0, 0.1) is 0 Å². The minimum absolute atomic E-state index is 0.0473. The van der Waals surface area contributed by atoms with Gasteiger partial charge in [0.25, 0.3) is 0 Å². The van der Waals surface area contributed by atoms with Gasteiger partial charge in [0.1, 0.15) is 0 Å². The van der Waals surface area contributed by atoms with Crippen molar-refractivity contribution in [2.75, 3.05) is 0 Å². The molecule has 2 N–H and O–H groups in total. The quantitative estimate of drug-likeness (QED) is 0.627. The van der Waals surface area contributed by atoms with Crippen LogP contribution in [0.5, 0.6) is 0 Å². The first-order valence-electron chi connectivity index (χ1n) is 9.09. The lowest BCUT2D eigenvalue weighted by Crippen LogP contribution is -2.45. The fourth-order valence-corrected chi connectivity index (χ4v) is 5.50. The predicted octanol–water partition coefficient (Wildman–Crippen LogP) is 2.61. The third-order valence-electron chi connectivity index (χ3n) is 4.51. The van der Waals surface area contributed by atoms with Crippen LogP contribution >= 0.6 is 0 Å². The highest BCUT2D eigenvalue weighted by atomic mass is 32.2. The van der Waals surface area contributed by atoms with Crippen molar-refractivity contribution in [3.63, 3.8) is 0 Å². The van der Waals surface area contributed by atoms with Crippen molar-refractivity contribution in [3.05, 3.63) is 29.8 Å². The molecule has 0 spiro atoms. The lowest BCUT2D eigenvalue weighted by atomic mass is 10.0. The van der Waals surface area contributed by atoms with Crippen LogP contribution in [0.3, 0.4) is 0 Å². The van der Waals surface area contributed by atoms with Gasteiger partial charge in [0.15, 0.2) is 0 Å². The molecule has 1 saturated carbocycles. The van der Waals surface area contributed by atoms with Crippen molar-refractivity contribution in [1.29, 1.82) is 0 Å². The smallest absolute Gasteiger partial charge is 0.245 e. The molecule has 0 unspecified atom stereocenters. The summed E-state index contributed by atoms with van der Waals surface area (Å²) in [5, 5.41) is -0.650. The Hall–Kier alpha value is -1.65. The van der Waals surface area contributed by atoms with Crippen molar-refractivity contribution >= 4 is 26.2 Å². The van der Waals surface area contributed by atoms with Gasteiger partial charge in [0.2, 0.25) is 10.0 Å². The van der Waals surface area contributed by atoms with E-state index in [4.69, 9.17) is 0 Å². The number of unbranched alkanes of at least 4 members (excludes halogenated alkanes) is 1. The number of nitrogens with one attached hydrogen (secondary N) is 2. The maximum absolute atomic E-state index is 12.4. The number of hydrogen-bond donors (Lipinski definition) is 2. The van der Waals surface area contributed by atoms with Crippen molar-refractivity contribution in [2.24, 2.45) is 0 Å². The van der Waals surface area contributed by atoms with E-state index in [0.29, 0.717) is 24.8 Å². The number of sulfonamides is 1. The zero-order chi connectivity index (χ0) is 19.9. The number of carbonyl (C=O) groups excluding carboxylic acids is 1. The molecule has 1 fully saturated rings. The van der Waals surface area contributed by atoms with E-state index in [2.05, 4.69) is 4.28 Å². The van der Waals surface area contributed by atoms with Gasteiger partial charge in [-0.25, -0.2) is 17.9 Å². The monoisotopic (exact) mass is 418 g/mol. The second-order valence-electron chi connectivity index (χ2n) is 6.59. The number of aryl methyl sites for hydroxylation is 1. The van der Waals surface area contributed by atoms with Crippen LogP contribution in [-0.4, -0.2) is 28.1 Å². The molecule has 0 heterocycles. The highest BCUT2D eigenvalue weighted by Crippen LogP contribution is 2.23. The summed E-state index contributed by atoms with van der Waals surface area (Å²) in [6.07, 6.45) is 5.75. The Bertz CT molecular complexity index is 846. The molecule has 0 saturated heterocycles. The van der Waals surface area contributed by atoms with Gasteiger partial charge in [-0.3, -0.25) is 0 Å². The average molecular weight is 419 g/mol. The van der Waals surface area contributed by atoms with Crippen LogP contribution in [0.1, 0.15) is 57.4 Å². The van der Waals surface area contributed by atoms with Crippen LogP contribution in [-0.2, 0) is 30.8 Å². The summed E-state index contributed by atoms with van der Waals surface area (Å²) < 4.78 is 55.5. The summed E-state index contributed by atoms with van der Waals surface area (Å²) in [4.78, 5) is 11.8. The van der Waals surface area contributed by atoms with Gasteiger partial charge in [-0.15, -0.1) is 4.28 Å². The molecule has 152 valence electrons. The molecule has 0 radical (unpaired) electrons. The normalized spacial score (nSPS) is 16.0. The molecule has 8 nitrogen and oxygen atoms in total. The van der Waals surface area contributed by atoms with Gasteiger partial charge in [0, 0.05) is 0 Å². The third-order valence-corrected chi connectivity index (χ3v) is 7.57. The van der Waals surface area contributed by atoms with Crippen molar-refractivity contribution in [3.8, 4) is 0 Å². The average Bonchev–Trinajstić information content (AvgIpc) is 2.65. The number of hydroxylamine groups is 1. The maximum atomic E-state index is 12.4. The summed E-state index contributed by atoms with van der Waals surface area (Å²) in [6.45, 7) is 1.99. The summed E-state index contributed by atoms with van der Waals surface area (Å²) in [5.41, 5.74) is 2.26. The highest BCUT2D eigenvalue weighted by molar-refractivity contribution is 7.90. The molecule has 0 bridgehead atoms. The Kier molecular flexibility index (Phi) is 7.63. The number of rotatable bonds is 8. The number of hydrogen-bond acceptors (Lipinski definition) is 6. The summed E-state index contributed by atoms with van der Waals surface area (Å²) in [7, 11) is -8.14. The number of amides is 2. The second kappa shape index (κ2) is 9.52. The van der Waals surface area contributed by atoms with E-state index in [0.717, 1.165) is 32.1 Å². The first-order valence-corrected chi connectivity index (χ1v) is 12.0. The fourth-order valence-electron chi connectivity index (χ4n) is 3.07. The highest BCUT2D eigenvalue weighted by Gasteiger charge is 2.29. The standard InChI is InChI=1S/C17H26N2O6S2/c1-2-3-9-14-10-7-8-13-16(14)27(23,24)25-18-17(20)19-26(21,22)15-11-5-4-6-12-15/h7-8,10,13,15H,2-6,9,11-12H2,1H3,(H2,18,19,20). The SMILES string of the molecule is CCCCc1ccccc1S(=O)(=O)ONC(=O)NS(=O)(=O)C1CCCCC1. The van der Waals surface area contributed by atoms with Crippen LogP contribution in [0.4, 0.5) is 4.79 Å². The molecule has 1 aromatic rings. The number of carbonyl (C=O) groups is 1. The van der Waals surface area contributed by atoms with Gasteiger partial charge < -0.3 is 0 Å². The molecule has 1 aromatic carbocycles. The van der Waals surface area contributed by atoms with Crippen LogP contribution in [0.25, 0.3) is 0 Å². The Morgan fingerprint density at radius 3 is 2.44 bits per heavy atom. The predicted molar refractivity (Wildman–Crippen MR) is 101 cm³/mol. The van der Waals surface area contributed by atoms with Crippen LogP contribution in [0.2, 0.25) is 0 Å². The lowest BCUT2D eigenvalue weighted by molar-refractivity contribution is 0.186. The molecule has 0 aromatic heterocycles. The van der Waals surface area contributed by atoms with E-state index in [1.54, 1.807) is 23.7 Å². The number of benzene rings is 1. The summed E-state index contributed by atoms with van der Waals surface area (Å²) >= 11 is 0. The maximum Gasteiger partial charge on any atom is 0.353 e. The largest absolute Gasteiger partial charge is 0.353 e. The number of urea groups is 1. The molecule has 1 aliphatic rings. The van der Waals surface area contributed by atoms with E-state index in [1.165, 1.54) is 6.07 Å². The van der Waals surface area contributed by atoms with E-state index in [1.807, 2.05) is 11.6 Å².